The van der Waals surface area contributed by atoms with Crippen molar-refractivity contribution in [3.63, 3.8) is 0 Å². The molecular formula is C21H29NO2. The topological polar surface area (TPSA) is 63.3 Å². The number of allylic oxidation sites excluding steroid dienone is 2. The van der Waals surface area contributed by atoms with Crippen LogP contribution in [0.2, 0.25) is 0 Å². The minimum atomic E-state index is -1.01. The van der Waals surface area contributed by atoms with E-state index in [1.807, 2.05) is 44.2 Å². The van der Waals surface area contributed by atoms with Crippen molar-refractivity contribution in [3.8, 4) is 0 Å². The first-order chi connectivity index (χ1) is 11.1. The molecule has 1 aliphatic carbocycles. The summed E-state index contributed by atoms with van der Waals surface area (Å²) in [4.78, 5) is 12.2. The Morgan fingerprint density at radius 3 is 2.42 bits per heavy atom. The summed E-state index contributed by atoms with van der Waals surface area (Å²) >= 11 is 0. The second-order valence-corrected chi connectivity index (χ2v) is 8.03. The highest BCUT2D eigenvalue weighted by molar-refractivity contribution is 5.82. The van der Waals surface area contributed by atoms with Crippen LogP contribution in [0.1, 0.15) is 52.0 Å². The van der Waals surface area contributed by atoms with E-state index in [1.54, 1.807) is 0 Å². The molecule has 3 heteroatoms. The molecule has 2 unspecified atom stereocenters. The predicted molar refractivity (Wildman–Crippen MR) is 98.8 cm³/mol. The van der Waals surface area contributed by atoms with E-state index in [-0.39, 0.29) is 5.92 Å². The molecule has 130 valence electrons. The monoisotopic (exact) mass is 327 g/mol. The SMILES string of the molecule is CC(C)CC1=CC(c2ccccc2)C=CC1(CC(C)(C)N)C(=O)O. The van der Waals surface area contributed by atoms with Gasteiger partial charge in [0.1, 0.15) is 5.41 Å². The molecule has 0 amide bonds. The van der Waals surface area contributed by atoms with Gasteiger partial charge in [-0.1, -0.05) is 68.0 Å². The van der Waals surface area contributed by atoms with Crippen molar-refractivity contribution in [2.45, 2.75) is 52.0 Å². The minimum absolute atomic E-state index is 0.119. The minimum Gasteiger partial charge on any atom is -0.480 e. The van der Waals surface area contributed by atoms with Gasteiger partial charge in [-0.15, -0.1) is 0 Å². The molecule has 3 N–H and O–H groups in total. The molecule has 0 saturated heterocycles. The summed E-state index contributed by atoms with van der Waals surface area (Å²) in [5.41, 5.74) is 6.79. The van der Waals surface area contributed by atoms with Crippen LogP contribution in [0.3, 0.4) is 0 Å². The third kappa shape index (κ3) is 4.15. The Hall–Kier alpha value is -1.87. The van der Waals surface area contributed by atoms with Crippen LogP contribution in [0, 0.1) is 11.3 Å². The molecule has 1 aliphatic rings. The largest absolute Gasteiger partial charge is 0.480 e. The summed E-state index contributed by atoms with van der Waals surface area (Å²) in [6.07, 6.45) is 7.18. The molecule has 2 rings (SSSR count). The van der Waals surface area contributed by atoms with Crippen molar-refractivity contribution in [2.75, 3.05) is 0 Å². The smallest absolute Gasteiger partial charge is 0.317 e. The zero-order valence-corrected chi connectivity index (χ0v) is 15.1. The molecule has 0 aliphatic heterocycles. The number of aliphatic carboxylic acids is 1. The van der Waals surface area contributed by atoms with Gasteiger partial charge in [0.05, 0.1) is 0 Å². The van der Waals surface area contributed by atoms with Crippen LogP contribution in [0.25, 0.3) is 0 Å². The molecule has 1 aromatic rings. The first-order valence-electron chi connectivity index (χ1n) is 8.62. The zero-order chi connectivity index (χ0) is 18.0. The van der Waals surface area contributed by atoms with Crippen LogP contribution in [0.5, 0.6) is 0 Å². The second-order valence-electron chi connectivity index (χ2n) is 8.03. The molecule has 0 spiro atoms. The molecule has 3 nitrogen and oxygen atoms in total. The Bertz CT molecular complexity index is 638. The number of nitrogens with two attached hydrogens (primary N) is 1. The standard InChI is InChI=1S/C21H29NO2/c1-15(2)12-18-13-17(16-8-6-5-7-9-16)10-11-21(18,19(23)24)14-20(3,4)22/h5-11,13,15,17H,12,14,22H2,1-4H3,(H,23,24). The van der Waals surface area contributed by atoms with Gasteiger partial charge in [-0.05, 0) is 38.2 Å². The Morgan fingerprint density at radius 1 is 1.29 bits per heavy atom. The molecule has 0 radical (unpaired) electrons. The third-order valence-corrected chi connectivity index (χ3v) is 4.47. The molecule has 0 aromatic heterocycles. The van der Waals surface area contributed by atoms with E-state index in [0.717, 1.165) is 12.0 Å². The molecule has 24 heavy (non-hydrogen) atoms. The first-order valence-corrected chi connectivity index (χ1v) is 8.62. The predicted octanol–water partition coefficient (Wildman–Crippen LogP) is 4.51. The van der Waals surface area contributed by atoms with Crippen LogP contribution >= 0.6 is 0 Å². The number of benzene rings is 1. The van der Waals surface area contributed by atoms with Gasteiger partial charge in [-0.3, -0.25) is 4.79 Å². The average Bonchev–Trinajstić information content (AvgIpc) is 2.48. The molecular weight excluding hydrogens is 298 g/mol. The highest BCUT2D eigenvalue weighted by Crippen LogP contribution is 2.45. The molecule has 2 atom stereocenters. The average molecular weight is 327 g/mol. The van der Waals surface area contributed by atoms with Crippen LogP contribution in [0.15, 0.2) is 54.1 Å². The highest BCUT2D eigenvalue weighted by atomic mass is 16.4. The maximum atomic E-state index is 12.2. The van der Waals surface area contributed by atoms with Crippen LogP contribution in [-0.4, -0.2) is 16.6 Å². The molecule has 1 aromatic carbocycles. The maximum absolute atomic E-state index is 12.2. The summed E-state index contributed by atoms with van der Waals surface area (Å²) in [5, 5.41) is 10.0. The van der Waals surface area contributed by atoms with Gasteiger partial charge in [-0.25, -0.2) is 0 Å². The van der Waals surface area contributed by atoms with E-state index in [1.165, 1.54) is 5.56 Å². The first kappa shape index (κ1) is 18.5. The summed E-state index contributed by atoms with van der Waals surface area (Å²) in [5.74, 6) is -0.303. The van der Waals surface area contributed by atoms with E-state index in [9.17, 15) is 9.90 Å². The lowest BCUT2D eigenvalue weighted by Gasteiger charge is -2.38. The number of carboxylic acids is 1. The van der Waals surface area contributed by atoms with E-state index >= 15 is 0 Å². The fraction of sp³-hybridized carbons (Fsp3) is 0.476. The van der Waals surface area contributed by atoms with Crippen LogP contribution in [-0.2, 0) is 4.79 Å². The van der Waals surface area contributed by atoms with E-state index < -0.39 is 16.9 Å². The fourth-order valence-electron chi connectivity index (χ4n) is 3.54. The van der Waals surface area contributed by atoms with Gasteiger partial charge in [0, 0.05) is 11.5 Å². The molecule has 0 bridgehead atoms. The molecule has 0 fully saturated rings. The normalized spacial score (nSPS) is 24.1. The second kappa shape index (κ2) is 6.94. The van der Waals surface area contributed by atoms with Gasteiger partial charge in [0.15, 0.2) is 0 Å². The van der Waals surface area contributed by atoms with Crippen molar-refractivity contribution in [1.82, 2.24) is 0 Å². The number of hydrogen-bond acceptors (Lipinski definition) is 2. The summed E-state index contributed by atoms with van der Waals surface area (Å²) in [6.45, 7) is 8.03. The summed E-state index contributed by atoms with van der Waals surface area (Å²) in [6, 6.07) is 10.2. The Kier molecular flexibility index (Phi) is 5.34. The van der Waals surface area contributed by atoms with Gasteiger partial charge in [-0.2, -0.15) is 0 Å². The third-order valence-electron chi connectivity index (χ3n) is 4.47. The highest BCUT2D eigenvalue weighted by Gasteiger charge is 2.44. The Morgan fingerprint density at radius 2 is 1.92 bits per heavy atom. The number of carbonyl (C=O) groups is 1. The van der Waals surface area contributed by atoms with Crippen molar-refractivity contribution < 1.29 is 9.90 Å². The Balaban J connectivity index is 2.48. The van der Waals surface area contributed by atoms with E-state index in [4.69, 9.17) is 5.73 Å². The van der Waals surface area contributed by atoms with Crippen molar-refractivity contribution in [3.05, 3.63) is 59.7 Å². The maximum Gasteiger partial charge on any atom is 0.317 e. The van der Waals surface area contributed by atoms with Gasteiger partial charge in [0.25, 0.3) is 0 Å². The van der Waals surface area contributed by atoms with Gasteiger partial charge < -0.3 is 10.8 Å². The zero-order valence-electron chi connectivity index (χ0n) is 15.1. The number of rotatable bonds is 6. The van der Waals surface area contributed by atoms with Crippen molar-refractivity contribution in [2.24, 2.45) is 17.1 Å². The number of hydrogen-bond donors (Lipinski definition) is 2. The van der Waals surface area contributed by atoms with Gasteiger partial charge in [0.2, 0.25) is 0 Å². The Labute approximate surface area is 145 Å². The molecule has 0 saturated carbocycles. The van der Waals surface area contributed by atoms with E-state index in [0.29, 0.717) is 12.3 Å². The fourth-order valence-corrected chi connectivity index (χ4v) is 3.54. The molecule has 0 heterocycles. The quantitative estimate of drug-likeness (QED) is 0.756. The number of carboxylic acid groups (broad SMARTS) is 1. The summed E-state index contributed by atoms with van der Waals surface area (Å²) < 4.78 is 0. The van der Waals surface area contributed by atoms with Crippen molar-refractivity contribution >= 4 is 5.97 Å². The summed E-state index contributed by atoms with van der Waals surface area (Å²) in [7, 11) is 0. The lowest BCUT2D eigenvalue weighted by molar-refractivity contribution is -0.145. The van der Waals surface area contributed by atoms with Crippen LogP contribution in [0.4, 0.5) is 0 Å². The lowest BCUT2D eigenvalue weighted by Crippen LogP contribution is -2.44. The van der Waals surface area contributed by atoms with Gasteiger partial charge >= 0.3 is 5.97 Å². The van der Waals surface area contributed by atoms with E-state index in [2.05, 4.69) is 32.1 Å². The van der Waals surface area contributed by atoms with Crippen LogP contribution < -0.4 is 5.73 Å². The lowest BCUT2D eigenvalue weighted by atomic mass is 9.66. The van der Waals surface area contributed by atoms with Crippen molar-refractivity contribution in [1.29, 1.82) is 0 Å².